The summed E-state index contributed by atoms with van der Waals surface area (Å²) < 4.78 is 0. The van der Waals surface area contributed by atoms with Gasteiger partial charge in [0.2, 0.25) is 5.28 Å². The molecule has 0 radical (unpaired) electrons. The van der Waals surface area contributed by atoms with E-state index < -0.39 is 0 Å². The van der Waals surface area contributed by atoms with Crippen LogP contribution in [0.4, 0.5) is 0 Å². The van der Waals surface area contributed by atoms with Gasteiger partial charge >= 0.3 is 0 Å². The van der Waals surface area contributed by atoms with Gasteiger partial charge in [-0.3, -0.25) is 0 Å². The molecule has 1 heterocycles. The molecule has 0 saturated carbocycles. The van der Waals surface area contributed by atoms with Crippen molar-refractivity contribution in [2.45, 2.75) is 12.8 Å². The number of para-hydroxylation sites is 1. The smallest absolute Gasteiger partial charge is 0.218 e. The number of halogens is 1. The van der Waals surface area contributed by atoms with Gasteiger partial charge in [0, 0.05) is 5.39 Å². The van der Waals surface area contributed by atoms with E-state index in [4.69, 9.17) is 11.6 Å². The van der Waals surface area contributed by atoms with Crippen LogP contribution in [-0.2, 0) is 0 Å². The Kier molecular flexibility index (Phi) is 2.65. The second-order valence-electron chi connectivity index (χ2n) is 4.02. The Hall–Kier alpha value is -1.67. The van der Waals surface area contributed by atoms with Crippen molar-refractivity contribution in [3.05, 3.63) is 53.5 Å². The first-order valence-corrected chi connectivity index (χ1v) is 6.01. The highest BCUT2D eigenvalue weighted by Gasteiger charge is 2.11. The fourth-order valence-electron chi connectivity index (χ4n) is 2.09. The fourth-order valence-corrected chi connectivity index (χ4v) is 2.27. The summed E-state index contributed by atoms with van der Waals surface area (Å²) >= 11 is 5.98. The molecule has 3 rings (SSSR count). The molecule has 2 aromatic rings. The van der Waals surface area contributed by atoms with E-state index in [9.17, 15) is 0 Å². The fraction of sp³-hybridized carbons (Fsp3) is 0.143. The van der Waals surface area contributed by atoms with E-state index in [0.29, 0.717) is 5.28 Å². The summed E-state index contributed by atoms with van der Waals surface area (Å²) in [4.78, 5) is 8.62. The van der Waals surface area contributed by atoms with Gasteiger partial charge < -0.3 is 0 Å². The maximum absolute atomic E-state index is 5.98. The van der Waals surface area contributed by atoms with Gasteiger partial charge in [0.1, 0.15) is 0 Å². The predicted molar refractivity (Wildman–Crippen MR) is 70.9 cm³/mol. The third kappa shape index (κ3) is 1.96. The molecule has 84 valence electrons. The van der Waals surface area contributed by atoms with E-state index in [1.807, 2.05) is 24.3 Å². The Morgan fingerprint density at radius 2 is 2.00 bits per heavy atom. The normalized spacial score (nSPS) is 15.0. The Morgan fingerprint density at radius 3 is 2.82 bits per heavy atom. The average molecular weight is 243 g/mol. The van der Waals surface area contributed by atoms with E-state index >= 15 is 0 Å². The first-order valence-electron chi connectivity index (χ1n) is 5.63. The molecule has 0 N–H and O–H groups in total. The molecule has 0 aliphatic heterocycles. The molecule has 0 unspecified atom stereocenters. The lowest BCUT2D eigenvalue weighted by molar-refractivity contribution is 1.04. The van der Waals surface area contributed by atoms with Crippen LogP contribution in [0.1, 0.15) is 18.5 Å². The van der Waals surface area contributed by atoms with Gasteiger partial charge in [-0.1, -0.05) is 36.4 Å². The zero-order chi connectivity index (χ0) is 11.7. The number of nitrogens with zero attached hydrogens (tertiary/aromatic N) is 2. The molecular weight excluding hydrogens is 232 g/mol. The van der Waals surface area contributed by atoms with E-state index in [1.165, 1.54) is 5.57 Å². The SMILES string of the molecule is Clc1nc(C2=CC=CCC2)c2ccccc2n1. The molecule has 0 spiro atoms. The summed E-state index contributed by atoms with van der Waals surface area (Å²) in [6.45, 7) is 0. The van der Waals surface area contributed by atoms with Crippen LogP contribution in [0.2, 0.25) is 5.28 Å². The first kappa shape index (κ1) is 10.5. The van der Waals surface area contributed by atoms with E-state index in [2.05, 4.69) is 28.2 Å². The molecule has 0 amide bonds. The minimum absolute atomic E-state index is 0.314. The Bertz CT molecular complexity index is 629. The van der Waals surface area contributed by atoms with Gasteiger partial charge in [-0.15, -0.1) is 0 Å². The van der Waals surface area contributed by atoms with Crippen LogP contribution in [-0.4, -0.2) is 9.97 Å². The highest BCUT2D eigenvalue weighted by molar-refractivity contribution is 6.28. The summed E-state index contributed by atoms with van der Waals surface area (Å²) in [6.07, 6.45) is 8.41. The van der Waals surface area contributed by atoms with E-state index in [0.717, 1.165) is 29.4 Å². The summed E-state index contributed by atoms with van der Waals surface area (Å²) in [5, 5.41) is 1.38. The highest BCUT2D eigenvalue weighted by atomic mass is 35.5. The lowest BCUT2D eigenvalue weighted by Gasteiger charge is -2.11. The van der Waals surface area contributed by atoms with Crippen LogP contribution in [0.15, 0.2) is 42.5 Å². The second kappa shape index (κ2) is 4.30. The lowest BCUT2D eigenvalue weighted by atomic mass is 9.99. The van der Waals surface area contributed by atoms with Crippen molar-refractivity contribution in [2.24, 2.45) is 0 Å². The molecule has 17 heavy (non-hydrogen) atoms. The molecule has 0 atom stereocenters. The van der Waals surface area contributed by atoms with Gasteiger partial charge in [-0.25, -0.2) is 9.97 Å². The van der Waals surface area contributed by atoms with Crippen molar-refractivity contribution < 1.29 is 0 Å². The Morgan fingerprint density at radius 1 is 1.12 bits per heavy atom. The van der Waals surface area contributed by atoms with E-state index in [-0.39, 0.29) is 0 Å². The summed E-state index contributed by atoms with van der Waals surface area (Å²) in [7, 11) is 0. The zero-order valence-electron chi connectivity index (χ0n) is 9.23. The summed E-state index contributed by atoms with van der Waals surface area (Å²) in [5.74, 6) is 0. The number of rotatable bonds is 1. The minimum atomic E-state index is 0.314. The molecule has 2 nitrogen and oxygen atoms in total. The van der Waals surface area contributed by atoms with Crippen LogP contribution in [0.5, 0.6) is 0 Å². The van der Waals surface area contributed by atoms with Crippen LogP contribution >= 0.6 is 11.6 Å². The number of fused-ring (bicyclic) bond motifs is 1. The van der Waals surface area contributed by atoms with Gasteiger partial charge in [0.05, 0.1) is 11.2 Å². The Labute approximate surface area is 105 Å². The van der Waals surface area contributed by atoms with Crippen molar-refractivity contribution >= 4 is 28.1 Å². The number of allylic oxidation sites excluding steroid dienone is 4. The maximum Gasteiger partial charge on any atom is 0.223 e. The summed E-state index contributed by atoms with van der Waals surface area (Å²) in [6, 6.07) is 7.97. The van der Waals surface area contributed by atoms with Crippen LogP contribution in [0.3, 0.4) is 0 Å². The highest BCUT2D eigenvalue weighted by Crippen LogP contribution is 2.28. The molecule has 0 bridgehead atoms. The third-order valence-electron chi connectivity index (χ3n) is 2.89. The maximum atomic E-state index is 5.98. The second-order valence-corrected chi connectivity index (χ2v) is 4.36. The number of hydrogen-bond donors (Lipinski definition) is 0. The molecular formula is C14H11ClN2. The first-order chi connectivity index (χ1) is 8.34. The summed E-state index contributed by atoms with van der Waals surface area (Å²) in [5.41, 5.74) is 3.09. The van der Waals surface area contributed by atoms with Crippen LogP contribution in [0.25, 0.3) is 16.5 Å². The number of hydrogen-bond acceptors (Lipinski definition) is 2. The predicted octanol–water partition coefficient (Wildman–Crippen LogP) is 4.02. The van der Waals surface area contributed by atoms with Gasteiger partial charge in [0.15, 0.2) is 0 Å². The van der Waals surface area contributed by atoms with Gasteiger partial charge in [0.25, 0.3) is 0 Å². The zero-order valence-corrected chi connectivity index (χ0v) is 9.98. The van der Waals surface area contributed by atoms with Crippen molar-refractivity contribution in [3.63, 3.8) is 0 Å². The topological polar surface area (TPSA) is 25.8 Å². The largest absolute Gasteiger partial charge is 0.223 e. The standard InChI is InChI=1S/C14H11ClN2/c15-14-16-12-9-5-4-8-11(12)13(17-14)10-6-2-1-3-7-10/h1-2,4-6,8-9H,3,7H2. The average Bonchev–Trinajstić information content (AvgIpc) is 2.39. The van der Waals surface area contributed by atoms with Crippen molar-refractivity contribution in [3.8, 4) is 0 Å². The van der Waals surface area contributed by atoms with Crippen LogP contribution < -0.4 is 0 Å². The molecule has 1 aliphatic carbocycles. The molecule has 0 fully saturated rings. The van der Waals surface area contributed by atoms with Crippen LogP contribution in [0, 0.1) is 0 Å². The molecule has 3 heteroatoms. The Balaban J connectivity index is 2.27. The van der Waals surface area contributed by atoms with Crippen molar-refractivity contribution in [1.82, 2.24) is 9.97 Å². The molecule has 1 aromatic carbocycles. The number of aromatic nitrogens is 2. The van der Waals surface area contributed by atoms with Crippen molar-refractivity contribution in [1.29, 1.82) is 0 Å². The van der Waals surface area contributed by atoms with Crippen molar-refractivity contribution in [2.75, 3.05) is 0 Å². The monoisotopic (exact) mass is 242 g/mol. The van der Waals surface area contributed by atoms with Gasteiger partial charge in [-0.05, 0) is 36.1 Å². The molecule has 1 aliphatic rings. The third-order valence-corrected chi connectivity index (χ3v) is 3.06. The lowest BCUT2D eigenvalue weighted by Crippen LogP contribution is -1.96. The van der Waals surface area contributed by atoms with E-state index in [1.54, 1.807) is 0 Å². The minimum Gasteiger partial charge on any atom is -0.218 e. The molecule has 0 saturated heterocycles. The van der Waals surface area contributed by atoms with Gasteiger partial charge in [-0.2, -0.15) is 0 Å². The molecule has 1 aromatic heterocycles. The quantitative estimate of drug-likeness (QED) is 0.706. The number of benzene rings is 1.